The number of hydrogen-bond donors (Lipinski definition) is 2. The first-order valence-electron chi connectivity index (χ1n) is 8.45. The van der Waals surface area contributed by atoms with Gasteiger partial charge in [0.1, 0.15) is 0 Å². The molecule has 0 fully saturated rings. The summed E-state index contributed by atoms with van der Waals surface area (Å²) in [5.74, 6) is 0.0217. The molecule has 1 heterocycles. The number of amides is 1. The van der Waals surface area contributed by atoms with E-state index in [1.807, 2.05) is 42.5 Å². The average Bonchev–Trinajstić information content (AvgIpc) is 3.18. The SMILES string of the molecule is O=C(CN[C@H](c1ccccc1)c1cccs1)NCCc1ccccc1. The first kappa shape index (κ1) is 17.4. The van der Waals surface area contributed by atoms with Gasteiger partial charge < -0.3 is 5.32 Å². The summed E-state index contributed by atoms with van der Waals surface area (Å²) in [7, 11) is 0. The minimum absolute atomic E-state index is 0.0217. The largest absolute Gasteiger partial charge is 0.355 e. The van der Waals surface area contributed by atoms with Crippen LogP contribution in [0, 0.1) is 0 Å². The minimum Gasteiger partial charge on any atom is -0.355 e. The Morgan fingerprint density at radius 1 is 0.920 bits per heavy atom. The molecule has 0 saturated heterocycles. The fourth-order valence-corrected chi connectivity index (χ4v) is 3.56. The lowest BCUT2D eigenvalue weighted by Gasteiger charge is -2.18. The van der Waals surface area contributed by atoms with Crippen molar-refractivity contribution in [3.63, 3.8) is 0 Å². The second-order valence-corrected chi connectivity index (χ2v) is 6.80. The fourth-order valence-electron chi connectivity index (χ4n) is 2.73. The van der Waals surface area contributed by atoms with Gasteiger partial charge in [0.15, 0.2) is 0 Å². The van der Waals surface area contributed by atoms with Crippen LogP contribution in [0.1, 0.15) is 22.0 Å². The van der Waals surface area contributed by atoms with Gasteiger partial charge in [-0.1, -0.05) is 66.7 Å². The Morgan fingerprint density at radius 2 is 1.64 bits per heavy atom. The molecule has 0 aliphatic heterocycles. The lowest BCUT2D eigenvalue weighted by Crippen LogP contribution is -2.36. The standard InChI is InChI=1S/C21H22N2OS/c24-20(22-14-13-17-8-3-1-4-9-17)16-23-21(19-12-7-15-25-19)18-10-5-2-6-11-18/h1-12,15,21,23H,13-14,16H2,(H,22,24)/t21-/m1/s1. The Labute approximate surface area is 152 Å². The summed E-state index contributed by atoms with van der Waals surface area (Å²) in [6, 6.07) is 24.6. The van der Waals surface area contributed by atoms with Crippen molar-refractivity contribution >= 4 is 17.2 Å². The molecule has 4 heteroatoms. The molecule has 0 saturated carbocycles. The summed E-state index contributed by atoms with van der Waals surface area (Å²) in [6.07, 6.45) is 0.847. The number of carbonyl (C=O) groups excluding carboxylic acids is 1. The van der Waals surface area contributed by atoms with Gasteiger partial charge in [0.2, 0.25) is 5.91 Å². The van der Waals surface area contributed by atoms with Crippen molar-refractivity contribution in [1.29, 1.82) is 0 Å². The summed E-state index contributed by atoms with van der Waals surface area (Å²) in [5, 5.41) is 8.43. The lowest BCUT2D eigenvalue weighted by molar-refractivity contribution is -0.120. The zero-order valence-electron chi connectivity index (χ0n) is 14.0. The van der Waals surface area contributed by atoms with Crippen LogP contribution in [0.2, 0.25) is 0 Å². The summed E-state index contributed by atoms with van der Waals surface area (Å²) < 4.78 is 0. The summed E-state index contributed by atoms with van der Waals surface area (Å²) >= 11 is 1.70. The van der Waals surface area contributed by atoms with Gasteiger partial charge in [-0.25, -0.2) is 0 Å². The number of nitrogens with one attached hydrogen (secondary N) is 2. The van der Waals surface area contributed by atoms with Crippen molar-refractivity contribution in [1.82, 2.24) is 10.6 Å². The summed E-state index contributed by atoms with van der Waals surface area (Å²) in [6.45, 7) is 0.950. The van der Waals surface area contributed by atoms with E-state index < -0.39 is 0 Å². The van der Waals surface area contributed by atoms with Gasteiger partial charge in [-0.2, -0.15) is 0 Å². The number of carbonyl (C=O) groups is 1. The van der Waals surface area contributed by atoms with E-state index in [1.165, 1.54) is 16.0 Å². The van der Waals surface area contributed by atoms with Crippen molar-refractivity contribution in [3.05, 3.63) is 94.2 Å². The number of hydrogen-bond acceptors (Lipinski definition) is 3. The predicted molar refractivity (Wildman–Crippen MR) is 104 cm³/mol. The Morgan fingerprint density at radius 3 is 2.32 bits per heavy atom. The molecule has 0 radical (unpaired) electrons. The van der Waals surface area contributed by atoms with Crippen LogP contribution in [0.15, 0.2) is 78.2 Å². The molecule has 3 aromatic rings. The molecule has 0 spiro atoms. The van der Waals surface area contributed by atoms with Gasteiger partial charge in [0, 0.05) is 11.4 Å². The van der Waals surface area contributed by atoms with Gasteiger partial charge in [-0.3, -0.25) is 10.1 Å². The third-order valence-corrected chi connectivity index (χ3v) is 4.94. The van der Waals surface area contributed by atoms with E-state index in [0.29, 0.717) is 13.1 Å². The van der Waals surface area contributed by atoms with Crippen LogP contribution >= 0.6 is 11.3 Å². The molecule has 3 nitrogen and oxygen atoms in total. The molecule has 2 N–H and O–H groups in total. The zero-order valence-corrected chi connectivity index (χ0v) is 14.8. The highest BCUT2D eigenvalue weighted by Gasteiger charge is 2.15. The Balaban J connectivity index is 1.52. The summed E-state index contributed by atoms with van der Waals surface area (Å²) in [5.41, 5.74) is 2.40. The third-order valence-electron chi connectivity index (χ3n) is 4.01. The van der Waals surface area contributed by atoms with Gasteiger partial charge in [0.05, 0.1) is 12.6 Å². The molecule has 25 heavy (non-hydrogen) atoms. The van der Waals surface area contributed by atoms with Gasteiger partial charge in [-0.15, -0.1) is 11.3 Å². The minimum atomic E-state index is 0.0217. The maximum atomic E-state index is 12.2. The maximum absolute atomic E-state index is 12.2. The number of rotatable bonds is 8. The van der Waals surface area contributed by atoms with E-state index in [4.69, 9.17) is 0 Å². The van der Waals surface area contributed by atoms with Crippen LogP contribution in [0.4, 0.5) is 0 Å². The van der Waals surface area contributed by atoms with Crippen molar-refractivity contribution in [3.8, 4) is 0 Å². The number of thiophene rings is 1. The average molecular weight is 350 g/mol. The van der Waals surface area contributed by atoms with E-state index in [-0.39, 0.29) is 11.9 Å². The fraction of sp³-hybridized carbons (Fsp3) is 0.190. The third kappa shape index (κ3) is 5.28. The molecule has 1 atom stereocenters. The molecule has 1 aromatic heterocycles. The maximum Gasteiger partial charge on any atom is 0.233 e. The molecular weight excluding hydrogens is 328 g/mol. The topological polar surface area (TPSA) is 41.1 Å². The molecule has 1 amide bonds. The van der Waals surface area contributed by atoms with Gasteiger partial charge >= 0.3 is 0 Å². The van der Waals surface area contributed by atoms with Crippen molar-refractivity contribution in [2.75, 3.05) is 13.1 Å². The van der Waals surface area contributed by atoms with Crippen molar-refractivity contribution < 1.29 is 4.79 Å². The molecule has 2 aromatic carbocycles. The van der Waals surface area contributed by atoms with Crippen LogP contribution in [0.3, 0.4) is 0 Å². The molecule has 0 aliphatic carbocycles. The first-order valence-corrected chi connectivity index (χ1v) is 9.33. The highest BCUT2D eigenvalue weighted by Crippen LogP contribution is 2.25. The van der Waals surface area contributed by atoms with Crippen molar-refractivity contribution in [2.24, 2.45) is 0 Å². The van der Waals surface area contributed by atoms with E-state index >= 15 is 0 Å². The molecule has 0 aliphatic rings. The highest BCUT2D eigenvalue weighted by atomic mass is 32.1. The number of benzene rings is 2. The lowest BCUT2D eigenvalue weighted by atomic mass is 10.1. The van der Waals surface area contributed by atoms with Crippen LogP contribution < -0.4 is 10.6 Å². The Bertz CT molecular complexity index is 757. The summed E-state index contributed by atoms with van der Waals surface area (Å²) in [4.78, 5) is 13.4. The van der Waals surface area contributed by atoms with Crippen LogP contribution in [-0.2, 0) is 11.2 Å². The second kappa shape index (κ2) is 9.16. The van der Waals surface area contributed by atoms with E-state index in [0.717, 1.165) is 6.42 Å². The van der Waals surface area contributed by atoms with E-state index in [2.05, 4.69) is 46.3 Å². The first-order chi connectivity index (χ1) is 12.3. The molecular formula is C21H22N2OS. The predicted octanol–water partition coefficient (Wildman–Crippen LogP) is 3.79. The quantitative estimate of drug-likeness (QED) is 0.649. The molecule has 128 valence electrons. The van der Waals surface area contributed by atoms with Crippen LogP contribution in [0.5, 0.6) is 0 Å². The van der Waals surface area contributed by atoms with Crippen molar-refractivity contribution in [2.45, 2.75) is 12.5 Å². The van der Waals surface area contributed by atoms with E-state index in [1.54, 1.807) is 11.3 Å². The highest BCUT2D eigenvalue weighted by molar-refractivity contribution is 7.10. The molecule has 3 rings (SSSR count). The monoisotopic (exact) mass is 350 g/mol. The van der Waals surface area contributed by atoms with Crippen LogP contribution in [-0.4, -0.2) is 19.0 Å². The molecule has 0 bridgehead atoms. The Hall–Kier alpha value is -2.43. The zero-order chi connectivity index (χ0) is 17.3. The van der Waals surface area contributed by atoms with Gasteiger partial charge in [0.25, 0.3) is 0 Å². The Kier molecular flexibility index (Phi) is 6.37. The van der Waals surface area contributed by atoms with Gasteiger partial charge in [-0.05, 0) is 29.0 Å². The molecule has 0 unspecified atom stereocenters. The van der Waals surface area contributed by atoms with Crippen LogP contribution in [0.25, 0.3) is 0 Å². The second-order valence-electron chi connectivity index (χ2n) is 5.83. The smallest absolute Gasteiger partial charge is 0.233 e. The van der Waals surface area contributed by atoms with E-state index in [9.17, 15) is 4.79 Å². The normalized spacial score (nSPS) is 11.8.